The molecule has 0 bridgehead atoms. The molecule has 0 aliphatic rings. The van der Waals surface area contributed by atoms with Gasteiger partial charge in [-0.05, 0) is 23.8 Å². The maximum atomic E-state index is 5.88. The zero-order valence-electron chi connectivity index (χ0n) is 9.65. The Labute approximate surface area is 118 Å². The third-order valence-electron chi connectivity index (χ3n) is 2.03. The van der Waals surface area contributed by atoms with Gasteiger partial charge in [-0.25, -0.2) is 4.99 Å². The Balaban J connectivity index is 0.00000256. The molecule has 0 amide bonds. The Kier molecular flexibility index (Phi) is 7.28. The van der Waals surface area contributed by atoms with Crippen LogP contribution in [0, 0.1) is 5.92 Å². The van der Waals surface area contributed by atoms with Crippen molar-refractivity contribution in [3.8, 4) is 0 Å². The molecule has 0 saturated carbocycles. The van der Waals surface area contributed by atoms with Crippen LogP contribution >= 0.6 is 35.6 Å². The van der Waals surface area contributed by atoms with Gasteiger partial charge in [0.05, 0.1) is 10.0 Å². The first-order valence-corrected chi connectivity index (χ1v) is 5.71. The first kappa shape index (κ1) is 16.3. The van der Waals surface area contributed by atoms with Gasteiger partial charge in [0, 0.05) is 12.1 Å². The van der Waals surface area contributed by atoms with Crippen molar-refractivity contribution in [2.75, 3.05) is 0 Å². The van der Waals surface area contributed by atoms with Crippen molar-refractivity contribution in [1.82, 2.24) is 0 Å². The second-order valence-electron chi connectivity index (χ2n) is 3.70. The summed E-state index contributed by atoms with van der Waals surface area (Å²) in [6, 6.07) is 5.40. The summed E-state index contributed by atoms with van der Waals surface area (Å²) in [5, 5.41) is 1.08. The molecule has 0 aliphatic heterocycles. The molecule has 5 heteroatoms. The average molecular weight is 294 g/mol. The van der Waals surface area contributed by atoms with Gasteiger partial charge in [0.25, 0.3) is 0 Å². The normalized spacial score (nSPS) is 11.9. The number of halogens is 3. The van der Waals surface area contributed by atoms with Crippen molar-refractivity contribution in [1.29, 1.82) is 0 Å². The lowest BCUT2D eigenvalue weighted by Gasteiger charge is -2.00. The molecule has 0 atom stereocenters. The van der Waals surface area contributed by atoms with Gasteiger partial charge in [0.1, 0.15) is 5.84 Å². The minimum atomic E-state index is 0. The van der Waals surface area contributed by atoms with Crippen molar-refractivity contribution in [2.24, 2.45) is 16.6 Å². The lowest BCUT2D eigenvalue weighted by atomic mass is 10.2. The van der Waals surface area contributed by atoms with Crippen LogP contribution in [0.15, 0.2) is 29.4 Å². The fraction of sp³-hybridized carbons (Fsp3) is 0.250. The molecule has 0 unspecified atom stereocenters. The van der Waals surface area contributed by atoms with Crippen molar-refractivity contribution >= 4 is 47.5 Å². The van der Waals surface area contributed by atoms with E-state index in [2.05, 4.69) is 4.99 Å². The second kappa shape index (κ2) is 7.59. The molecule has 0 spiro atoms. The molecule has 0 aliphatic carbocycles. The van der Waals surface area contributed by atoms with E-state index in [1.165, 1.54) is 0 Å². The maximum absolute atomic E-state index is 5.88. The highest BCUT2D eigenvalue weighted by Crippen LogP contribution is 2.23. The maximum Gasteiger partial charge on any atom is 0.101 e. The minimum absolute atomic E-state index is 0. The number of benzene rings is 1. The number of hydrogen-bond acceptors (Lipinski definition) is 1. The summed E-state index contributed by atoms with van der Waals surface area (Å²) in [7, 11) is 0. The standard InChI is InChI=1S/C12H14Cl2N2.ClH/c1-8(2)12(15)16-6-5-9-3-4-10(13)11(14)7-9;/h3-8H,1-2H3,(H2,15,16);1H/b6-5+;. The van der Waals surface area contributed by atoms with Crippen molar-refractivity contribution in [3.63, 3.8) is 0 Å². The number of rotatable bonds is 3. The molecule has 1 rings (SSSR count). The third kappa shape index (κ3) is 5.44. The van der Waals surface area contributed by atoms with Crippen molar-refractivity contribution in [2.45, 2.75) is 13.8 Å². The third-order valence-corrected chi connectivity index (χ3v) is 2.76. The summed E-state index contributed by atoms with van der Waals surface area (Å²) >= 11 is 11.7. The van der Waals surface area contributed by atoms with Gasteiger partial charge in [-0.3, -0.25) is 0 Å². The molecule has 0 heterocycles. The van der Waals surface area contributed by atoms with Crippen LogP contribution in [0.2, 0.25) is 10.0 Å². The number of nitrogens with zero attached hydrogens (tertiary/aromatic N) is 1. The quantitative estimate of drug-likeness (QED) is 0.651. The largest absolute Gasteiger partial charge is 0.387 e. The summed E-state index contributed by atoms with van der Waals surface area (Å²) in [5.41, 5.74) is 6.63. The van der Waals surface area contributed by atoms with E-state index in [1.54, 1.807) is 18.3 Å². The first-order chi connectivity index (χ1) is 7.50. The Hall–Kier alpha value is -0.700. The summed E-state index contributed by atoms with van der Waals surface area (Å²) in [4.78, 5) is 4.11. The van der Waals surface area contributed by atoms with Crippen LogP contribution in [-0.2, 0) is 0 Å². The summed E-state index contributed by atoms with van der Waals surface area (Å²) in [6.07, 6.45) is 3.49. The first-order valence-electron chi connectivity index (χ1n) is 4.95. The van der Waals surface area contributed by atoms with Crippen LogP contribution in [0.3, 0.4) is 0 Å². The molecule has 17 heavy (non-hydrogen) atoms. The van der Waals surface area contributed by atoms with Gasteiger partial charge in [-0.15, -0.1) is 12.4 Å². The van der Waals surface area contributed by atoms with E-state index in [-0.39, 0.29) is 18.3 Å². The number of amidine groups is 1. The van der Waals surface area contributed by atoms with E-state index in [0.717, 1.165) is 5.56 Å². The number of nitrogens with two attached hydrogens (primary N) is 1. The zero-order valence-corrected chi connectivity index (χ0v) is 12.0. The highest BCUT2D eigenvalue weighted by atomic mass is 35.5. The highest BCUT2D eigenvalue weighted by molar-refractivity contribution is 6.42. The molecule has 0 saturated heterocycles. The van der Waals surface area contributed by atoms with Crippen LogP contribution in [-0.4, -0.2) is 5.84 Å². The monoisotopic (exact) mass is 292 g/mol. The van der Waals surface area contributed by atoms with Crippen LogP contribution in [0.4, 0.5) is 0 Å². The van der Waals surface area contributed by atoms with E-state index in [0.29, 0.717) is 15.9 Å². The van der Waals surface area contributed by atoms with Gasteiger partial charge < -0.3 is 5.73 Å². The van der Waals surface area contributed by atoms with E-state index >= 15 is 0 Å². The lowest BCUT2D eigenvalue weighted by Crippen LogP contribution is -2.17. The Morgan fingerprint density at radius 1 is 1.29 bits per heavy atom. The van der Waals surface area contributed by atoms with Gasteiger partial charge in [-0.2, -0.15) is 0 Å². The van der Waals surface area contributed by atoms with Gasteiger partial charge >= 0.3 is 0 Å². The topological polar surface area (TPSA) is 38.4 Å². The fourth-order valence-corrected chi connectivity index (χ4v) is 1.28. The molecule has 0 fully saturated rings. The second-order valence-corrected chi connectivity index (χ2v) is 4.51. The summed E-state index contributed by atoms with van der Waals surface area (Å²) in [5.74, 6) is 0.856. The molecule has 0 aromatic heterocycles. The molecule has 2 nitrogen and oxygen atoms in total. The van der Waals surface area contributed by atoms with Gasteiger partial charge in [0.15, 0.2) is 0 Å². The van der Waals surface area contributed by atoms with E-state index in [1.807, 2.05) is 26.0 Å². The SMILES string of the molecule is CC(C)C(N)=N/C=C/c1ccc(Cl)c(Cl)c1.Cl. The molecule has 94 valence electrons. The van der Waals surface area contributed by atoms with Crippen LogP contribution < -0.4 is 5.73 Å². The smallest absolute Gasteiger partial charge is 0.101 e. The van der Waals surface area contributed by atoms with E-state index < -0.39 is 0 Å². The molecular weight excluding hydrogens is 279 g/mol. The Morgan fingerprint density at radius 3 is 2.47 bits per heavy atom. The number of aliphatic imine (C=N–C) groups is 1. The van der Waals surface area contributed by atoms with E-state index in [4.69, 9.17) is 28.9 Å². The van der Waals surface area contributed by atoms with Crippen molar-refractivity contribution in [3.05, 3.63) is 40.0 Å². The molecule has 1 aromatic carbocycles. The fourth-order valence-electron chi connectivity index (χ4n) is 0.975. The Bertz CT molecular complexity index is 426. The van der Waals surface area contributed by atoms with E-state index in [9.17, 15) is 0 Å². The zero-order chi connectivity index (χ0) is 12.1. The summed E-state index contributed by atoms with van der Waals surface area (Å²) < 4.78 is 0. The highest BCUT2D eigenvalue weighted by Gasteiger charge is 1.97. The van der Waals surface area contributed by atoms with Gasteiger partial charge in [0.2, 0.25) is 0 Å². The number of hydrogen-bond donors (Lipinski definition) is 1. The van der Waals surface area contributed by atoms with Crippen LogP contribution in [0.5, 0.6) is 0 Å². The molecule has 2 N–H and O–H groups in total. The molecule has 1 aromatic rings. The Morgan fingerprint density at radius 2 is 1.94 bits per heavy atom. The molecular formula is C12H15Cl3N2. The van der Waals surface area contributed by atoms with Crippen molar-refractivity contribution < 1.29 is 0 Å². The van der Waals surface area contributed by atoms with Crippen LogP contribution in [0.25, 0.3) is 6.08 Å². The van der Waals surface area contributed by atoms with Crippen LogP contribution in [0.1, 0.15) is 19.4 Å². The predicted molar refractivity (Wildman–Crippen MR) is 79.2 cm³/mol. The summed E-state index contributed by atoms with van der Waals surface area (Å²) in [6.45, 7) is 3.98. The average Bonchev–Trinajstić information content (AvgIpc) is 2.23. The lowest BCUT2D eigenvalue weighted by molar-refractivity contribution is 0.872. The minimum Gasteiger partial charge on any atom is -0.387 e. The molecule has 0 radical (unpaired) electrons. The van der Waals surface area contributed by atoms with Gasteiger partial charge in [-0.1, -0.05) is 43.1 Å². The predicted octanol–water partition coefficient (Wildman–Crippen LogP) is 4.40.